The molecule has 1 aromatic rings. The van der Waals surface area contributed by atoms with Crippen molar-refractivity contribution in [1.29, 1.82) is 0 Å². The summed E-state index contributed by atoms with van der Waals surface area (Å²) in [5.74, 6) is -0.755. The van der Waals surface area contributed by atoms with Crippen molar-refractivity contribution < 1.29 is 22.8 Å². The number of halogens is 3. The fraction of sp³-hybridized carbons (Fsp3) is 0.529. The highest BCUT2D eigenvalue weighted by molar-refractivity contribution is 5.87. The summed E-state index contributed by atoms with van der Waals surface area (Å²) in [6.07, 6.45) is -1.92. The first-order chi connectivity index (χ1) is 11.9. The van der Waals surface area contributed by atoms with Gasteiger partial charge in [-0.05, 0) is 31.2 Å². The fourth-order valence-corrected chi connectivity index (χ4v) is 2.82. The van der Waals surface area contributed by atoms with Crippen LogP contribution in [0.5, 0.6) is 0 Å². The third kappa shape index (κ3) is 6.28. The monoisotopic (exact) mass is 357 g/mol. The Labute approximate surface area is 144 Å². The molecule has 1 aromatic carbocycles. The summed E-state index contributed by atoms with van der Waals surface area (Å²) in [4.78, 5) is 25.4. The smallest absolute Gasteiger partial charge is 0.345 e. The Bertz CT molecular complexity index is 578. The zero-order chi connectivity index (χ0) is 18.3. The Hall–Kier alpha value is -2.25. The summed E-state index contributed by atoms with van der Waals surface area (Å²) >= 11 is 0. The van der Waals surface area contributed by atoms with Gasteiger partial charge >= 0.3 is 12.2 Å². The largest absolute Gasteiger partial charge is 0.405 e. The van der Waals surface area contributed by atoms with Crippen molar-refractivity contribution in [3.63, 3.8) is 0 Å². The molecule has 1 fully saturated rings. The molecule has 1 aliphatic rings. The van der Waals surface area contributed by atoms with E-state index in [9.17, 15) is 22.8 Å². The number of carbonyl (C=O) groups excluding carboxylic acids is 2. The van der Waals surface area contributed by atoms with Gasteiger partial charge in [0.25, 0.3) is 0 Å². The maximum atomic E-state index is 12.2. The molecule has 138 valence electrons. The Morgan fingerprint density at radius 2 is 1.88 bits per heavy atom. The van der Waals surface area contributed by atoms with E-state index in [0.717, 1.165) is 12.8 Å². The minimum Gasteiger partial charge on any atom is -0.345 e. The number of urea groups is 1. The molecule has 5 nitrogen and oxygen atoms in total. The molecule has 1 heterocycles. The molecule has 0 aliphatic carbocycles. The summed E-state index contributed by atoms with van der Waals surface area (Å²) < 4.78 is 36.6. The number of hydrogen-bond acceptors (Lipinski definition) is 2. The lowest BCUT2D eigenvalue weighted by molar-refractivity contribution is -0.140. The molecule has 0 bridgehead atoms. The Balaban J connectivity index is 1.74. The van der Waals surface area contributed by atoms with Gasteiger partial charge in [0.15, 0.2) is 0 Å². The quantitative estimate of drug-likeness (QED) is 0.769. The number of alkyl halides is 3. The molecule has 1 atom stereocenters. The minimum absolute atomic E-state index is 0.370. The van der Waals surface area contributed by atoms with Crippen LogP contribution < -0.4 is 10.6 Å². The number of likely N-dealkylation sites (tertiary alicyclic amines) is 1. The van der Waals surface area contributed by atoms with E-state index < -0.39 is 30.7 Å². The number of nitrogens with one attached hydrogen (secondary N) is 2. The number of amides is 3. The number of carbonyl (C=O) groups is 2. The molecule has 1 aliphatic heterocycles. The third-order valence-electron chi connectivity index (χ3n) is 4.04. The lowest BCUT2D eigenvalue weighted by Gasteiger charge is -2.24. The molecule has 0 radical (unpaired) electrons. The molecular formula is C17H22F3N3O2. The molecule has 1 saturated heterocycles. The van der Waals surface area contributed by atoms with Crippen LogP contribution in [0.25, 0.3) is 0 Å². The van der Waals surface area contributed by atoms with Crippen molar-refractivity contribution in [2.24, 2.45) is 0 Å². The molecule has 1 unspecified atom stereocenters. The second-order valence-electron chi connectivity index (χ2n) is 6.01. The fourth-order valence-electron chi connectivity index (χ4n) is 2.82. The molecule has 3 amide bonds. The summed E-state index contributed by atoms with van der Waals surface area (Å²) in [5, 5.41) is 4.59. The van der Waals surface area contributed by atoms with E-state index in [4.69, 9.17) is 0 Å². The van der Waals surface area contributed by atoms with Gasteiger partial charge in [-0.15, -0.1) is 0 Å². The molecule has 8 heteroatoms. The number of aryl methyl sites for hydroxylation is 1. The van der Waals surface area contributed by atoms with Gasteiger partial charge in [0.2, 0.25) is 5.91 Å². The zero-order valence-electron chi connectivity index (χ0n) is 13.8. The minimum atomic E-state index is -4.46. The van der Waals surface area contributed by atoms with Crippen LogP contribution in [0.4, 0.5) is 18.0 Å². The summed E-state index contributed by atoms with van der Waals surface area (Å²) in [5.41, 5.74) is 1.17. The van der Waals surface area contributed by atoms with E-state index in [1.807, 2.05) is 35.6 Å². The average Bonchev–Trinajstić information content (AvgIpc) is 3.06. The van der Waals surface area contributed by atoms with Crippen LogP contribution in [0, 0.1) is 0 Å². The normalized spacial score (nSPS) is 17.4. The van der Waals surface area contributed by atoms with Crippen molar-refractivity contribution in [3.05, 3.63) is 35.9 Å². The topological polar surface area (TPSA) is 61.4 Å². The number of hydrogen-bond donors (Lipinski definition) is 2. The van der Waals surface area contributed by atoms with Gasteiger partial charge in [0.1, 0.15) is 12.6 Å². The Morgan fingerprint density at radius 1 is 1.16 bits per heavy atom. The van der Waals surface area contributed by atoms with Crippen LogP contribution in [0.15, 0.2) is 30.3 Å². The second kappa shape index (κ2) is 8.73. The molecule has 0 saturated carbocycles. The van der Waals surface area contributed by atoms with E-state index in [0.29, 0.717) is 25.9 Å². The predicted molar refractivity (Wildman–Crippen MR) is 87.0 cm³/mol. The van der Waals surface area contributed by atoms with Crippen LogP contribution in [0.2, 0.25) is 0 Å². The van der Waals surface area contributed by atoms with Crippen molar-refractivity contribution in [3.8, 4) is 0 Å². The van der Waals surface area contributed by atoms with Crippen molar-refractivity contribution in [2.75, 3.05) is 19.6 Å². The standard InChI is InChI=1S/C17H22F3N3O2/c18-17(19,20)12-22-15(24)14-9-5-11-23(14)16(25)21-10-4-8-13-6-2-1-3-7-13/h1-3,6-7,14H,4-5,8-12H2,(H,21,25)(H,22,24). The molecule has 0 aromatic heterocycles. The Morgan fingerprint density at radius 3 is 2.56 bits per heavy atom. The van der Waals surface area contributed by atoms with Crippen LogP contribution in [-0.4, -0.2) is 48.7 Å². The third-order valence-corrected chi connectivity index (χ3v) is 4.04. The lowest BCUT2D eigenvalue weighted by atomic mass is 10.1. The highest BCUT2D eigenvalue weighted by Crippen LogP contribution is 2.18. The van der Waals surface area contributed by atoms with Gasteiger partial charge in [0, 0.05) is 13.1 Å². The highest BCUT2D eigenvalue weighted by atomic mass is 19.4. The summed E-state index contributed by atoms with van der Waals surface area (Å²) in [6.45, 7) is -0.565. The molecule has 0 spiro atoms. The van der Waals surface area contributed by atoms with Gasteiger partial charge in [0.05, 0.1) is 0 Å². The van der Waals surface area contributed by atoms with Crippen LogP contribution in [0.1, 0.15) is 24.8 Å². The van der Waals surface area contributed by atoms with Crippen molar-refractivity contribution in [2.45, 2.75) is 37.9 Å². The summed E-state index contributed by atoms with van der Waals surface area (Å²) in [6, 6.07) is 8.59. The second-order valence-corrected chi connectivity index (χ2v) is 6.01. The summed E-state index contributed by atoms with van der Waals surface area (Å²) in [7, 11) is 0. The van der Waals surface area contributed by atoms with Crippen molar-refractivity contribution >= 4 is 11.9 Å². The highest BCUT2D eigenvalue weighted by Gasteiger charge is 2.36. The first-order valence-corrected chi connectivity index (χ1v) is 8.30. The van der Waals surface area contributed by atoms with Gasteiger partial charge < -0.3 is 15.5 Å². The van der Waals surface area contributed by atoms with E-state index in [1.54, 1.807) is 0 Å². The van der Waals surface area contributed by atoms with E-state index in [1.165, 1.54) is 10.5 Å². The Kier molecular flexibility index (Phi) is 6.66. The van der Waals surface area contributed by atoms with Crippen LogP contribution in [-0.2, 0) is 11.2 Å². The maximum absolute atomic E-state index is 12.2. The van der Waals surface area contributed by atoms with Gasteiger partial charge in [-0.1, -0.05) is 30.3 Å². The van der Waals surface area contributed by atoms with E-state index in [2.05, 4.69) is 5.32 Å². The molecule has 2 N–H and O–H groups in total. The molecule has 2 rings (SSSR count). The zero-order valence-corrected chi connectivity index (χ0v) is 13.8. The predicted octanol–water partition coefficient (Wildman–Crippen LogP) is 2.47. The number of benzene rings is 1. The van der Waals surface area contributed by atoms with E-state index in [-0.39, 0.29) is 0 Å². The van der Waals surface area contributed by atoms with Gasteiger partial charge in [-0.3, -0.25) is 4.79 Å². The van der Waals surface area contributed by atoms with Gasteiger partial charge in [-0.2, -0.15) is 13.2 Å². The first-order valence-electron chi connectivity index (χ1n) is 8.30. The first kappa shape index (κ1) is 19.1. The average molecular weight is 357 g/mol. The number of nitrogens with zero attached hydrogens (tertiary/aromatic N) is 1. The van der Waals surface area contributed by atoms with Crippen LogP contribution in [0.3, 0.4) is 0 Å². The maximum Gasteiger partial charge on any atom is 0.405 e. The van der Waals surface area contributed by atoms with E-state index >= 15 is 0 Å². The van der Waals surface area contributed by atoms with Crippen LogP contribution >= 0.6 is 0 Å². The molecular weight excluding hydrogens is 335 g/mol. The SMILES string of the molecule is O=C(NCC(F)(F)F)C1CCCN1C(=O)NCCCc1ccccc1. The molecule has 25 heavy (non-hydrogen) atoms. The van der Waals surface area contributed by atoms with Gasteiger partial charge in [-0.25, -0.2) is 4.79 Å². The number of rotatable bonds is 6. The lowest BCUT2D eigenvalue weighted by Crippen LogP contribution is -2.50. The van der Waals surface area contributed by atoms with Crippen molar-refractivity contribution in [1.82, 2.24) is 15.5 Å².